The maximum absolute atomic E-state index is 5.59. The fourth-order valence-corrected chi connectivity index (χ4v) is 1.67. The molecule has 0 amide bonds. The Balaban J connectivity index is 2.14. The summed E-state index contributed by atoms with van der Waals surface area (Å²) in [6.07, 6.45) is 4.48. The summed E-state index contributed by atoms with van der Waals surface area (Å²) in [6, 6.07) is 0. The summed E-state index contributed by atoms with van der Waals surface area (Å²) in [4.78, 5) is 0. The van der Waals surface area contributed by atoms with Gasteiger partial charge in [-0.25, -0.2) is 0 Å². The molecule has 0 bridgehead atoms. The van der Waals surface area contributed by atoms with Crippen molar-refractivity contribution in [2.45, 2.75) is 32.3 Å². The van der Waals surface area contributed by atoms with E-state index in [1.807, 2.05) is 0 Å². The van der Waals surface area contributed by atoms with Crippen LogP contribution in [0.2, 0.25) is 0 Å². The van der Waals surface area contributed by atoms with E-state index in [1.165, 1.54) is 19.3 Å². The largest absolute Gasteiger partial charge is 0.377 e. The van der Waals surface area contributed by atoms with Crippen molar-refractivity contribution < 1.29 is 4.74 Å². The molecule has 2 heteroatoms. The molecule has 1 aliphatic carbocycles. The lowest BCUT2D eigenvalue weighted by molar-refractivity contribution is 0.0433. The van der Waals surface area contributed by atoms with Crippen LogP contribution in [0.5, 0.6) is 0 Å². The van der Waals surface area contributed by atoms with Crippen LogP contribution in [-0.2, 0) is 4.74 Å². The predicted molar refractivity (Wildman–Crippen MR) is 46.6 cm³/mol. The van der Waals surface area contributed by atoms with Crippen LogP contribution < -0.4 is 0 Å². The van der Waals surface area contributed by atoms with Crippen LogP contribution in [-0.4, -0.2) is 18.5 Å². The van der Waals surface area contributed by atoms with Gasteiger partial charge in [0.15, 0.2) is 0 Å². The lowest BCUT2D eigenvalue weighted by Gasteiger charge is -2.14. The highest BCUT2D eigenvalue weighted by Crippen LogP contribution is 2.27. The van der Waals surface area contributed by atoms with Crippen LogP contribution in [0.3, 0.4) is 0 Å². The minimum absolute atomic E-state index is 0.534. The zero-order chi connectivity index (χ0) is 7.40. The Hall–Kier alpha value is 0.310. The lowest BCUT2D eigenvalue weighted by Crippen LogP contribution is -2.16. The molecule has 1 aliphatic rings. The molecule has 0 unspecified atom stereocenters. The average molecular weight is 160 g/mol. The van der Waals surface area contributed by atoms with Gasteiger partial charge in [-0.2, -0.15) is 12.6 Å². The number of hydrogen-bond acceptors (Lipinski definition) is 2. The molecule has 1 nitrogen and oxygen atoms in total. The molecule has 10 heavy (non-hydrogen) atoms. The summed E-state index contributed by atoms with van der Waals surface area (Å²) in [5.74, 6) is 1.63. The second-order valence-electron chi connectivity index (χ2n) is 3.04. The topological polar surface area (TPSA) is 9.23 Å². The standard InChI is InChI=1S/C8H16OS/c1-7-3-2-4-8(7)9-5-6-10/h7-8,10H,2-6H2,1H3/t7-,8-/m1/s1. The van der Waals surface area contributed by atoms with Gasteiger partial charge in [-0.05, 0) is 18.8 Å². The van der Waals surface area contributed by atoms with Crippen LogP contribution in [0, 0.1) is 5.92 Å². The lowest BCUT2D eigenvalue weighted by atomic mass is 10.1. The minimum Gasteiger partial charge on any atom is -0.377 e. The van der Waals surface area contributed by atoms with Crippen LogP contribution >= 0.6 is 12.6 Å². The van der Waals surface area contributed by atoms with E-state index in [1.54, 1.807) is 0 Å². The SMILES string of the molecule is C[C@@H]1CCC[C@H]1OCCS. The van der Waals surface area contributed by atoms with Gasteiger partial charge in [0, 0.05) is 5.75 Å². The highest BCUT2D eigenvalue weighted by Gasteiger charge is 2.23. The molecule has 0 radical (unpaired) electrons. The van der Waals surface area contributed by atoms with E-state index in [2.05, 4.69) is 19.6 Å². The van der Waals surface area contributed by atoms with Crippen molar-refractivity contribution in [1.29, 1.82) is 0 Å². The van der Waals surface area contributed by atoms with E-state index in [0.717, 1.165) is 18.3 Å². The van der Waals surface area contributed by atoms with Crippen molar-refractivity contribution in [1.82, 2.24) is 0 Å². The quantitative estimate of drug-likeness (QED) is 0.622. The molecule has 0 aromatic heterocycles. The Morgan fingerprint density at radius 3 is 2.80 bits per heavy atom. The van der Waals surface area contributed by atoms with E-state index in [9.17, 15) is 0 Å². The van der Waals surface area contributed by atoms with Gasteiger partial charge >= 0.3 is 0 Å². The molecule has 0 aliphatic heterocycles. The summed E-state index contributed by atoms with van der Waals surface area (Å²) < 4.78 is 5.59. The molecule has 0 aromatic carbocycles. The number of ether oxygens (including phenoxy) is 1. The molecule has 0 N–H and O–H groups in total. The second kappa shape index (κ2) is 4.24. The van der Waals surface area contributed by atoms with Crippen molar-refractivity contribution in [3.8, 4) is 0 Å². The van der Waals surface area contributed by atoms with Gasteiger partial charge in [0.05, 0.1) is 12.7 Å². The van der Waals surface area contributed by atoms with Crippen molar-refractivity contribution in [2.75, 3.05) is 12.4 Å². The van der Waals surface area contributed by atoms with Crippen molar-refractivity contribution in [3.05, 3.63) is 0 Å². The summed E-state index contributed by atoms with van der Waals surface area (Å²) in [5, 5.41) is 0. The first-order valence-electron chi connectivity index (χ1n) is 4.07. The van der Waals surface area contributed by atoms with Crippen molar-refractivity contribution in [2.24, 2.45) is 5.92 Å². The second-order valence-corrected chi connectivity index (χ2v) is 3.49. The van der Waals surface area contributed by atoms with E-state index in [0.29, 0.717) is 6.10 Å². The van der Waals surface area contributed by atoms with Crippen LogP contribution in [0.25, 0.3) is 0 Å². The third kappa shape index (κ3) is 2.17. The Morgan fingerprint density at radius 1 is 1.50 bits per heavy atom. The van der Waals surface area contributed by atoms with Gasteiger partial charge < -0.3 is 4.74 Å². The molecule has 1 saturated carbocycles. The minimum atomic E-state index is 0.534. The van der Waals surface area contributed by atoms with Gasteiger partial charge in [0.25, 0.3) is 0 Å². The molecule has 0 spiro atoms. The molecular weight excluding hydrogens is 144 g/mol. The highest BCUT2D eigenvalue weighted by molar-refractivity contribution is 7.80. The van der Waals surface area contributed by atoms with Crippen molar-refractivity contribution in [3.63, 3.8) is 0 Å². The Labute approximate surface area is 68.6 Å². The zero-order valence-electron chi connectivity index (χ0n) is 6.55. The normalized spacial score (nSPS) is 33.0. The zero-order valence-corrected chi connectivity index (χ0v) is 7.44. The average Bonchev–Trinajstić information content (AvgIpc) is 2.31. The van der Waals surface area contributed by atoms with Crippen molar-refractivity contribution >= 4 is 12.6 Å². The summed E-state index contributed by atoms with van der Waals surface area (Å²) in [7, 11) is 0. The third-order valence-corrected chi connectivity index (χ3v) is 2.39. The van der Waals surface area contributed by atoms with E-state index in [4.69, 9.17) is 4.74 Å². The van der Waals surface area contributed by atoms with Crippen LogP contribution in [0.1, 0.15) is 26.2 Å². The monoisotopic (exact) mass is 160 g/mol. The summed E-state index contributed by atoms with van der Waals surface area (Å²) in [6.45, 7) is 3.09. The van der Waals surface area contributed by atoms with Gasteiger partial charge in [-0.15, -0.1) is 0 Å². The highest BCUT2D eigenvalue weighted by atomic mass is 32.1. The van der Waals surface area contributed by atoms with Gasteiger partial charge in [-0.1, -0.05) is 13.3 Å². The van der Waals surface area contributed by atoms with Gasteiger partial charge in [-0.3, -0.25) is 0 Å². The fourth-order valence-electron chi connectivity index (χ4n) is 1.56. The smallest absolute Gasteiger partial charge is 0.0601 e. The predicted octanol–water partition coefficient (Wildman–Crippen LogP) is 2.12. The Bertz CT molecular complexity index is 95.3. The van der Waals surface area contributed by atoms with E-state index >= 15 is 0 Å². The number of hydrogen-bond donors (Lipinski definition) is 1. The van der Waals surface area contributed by atoms with E-state index in [-0.39, 0.29) is 0 Å². The maximum Gasteiger partial charge on any atom is 0.0601 e. The molecule has 60 valence electrons. The fraction of sp³-hybridized carbons (Fsp3) is 1.00. The number of thiol groups is 1. The molecular formula is C8H16OS. The van der Waals surface area contributed by atoms with Gasteiger partial charge in [0.1, 0.15) is 0 Å². The first kappa shape index (κ1) is 8.41. The maximum atomic E-state index is 5.59. The molecule has 0 saturated heterocycles. The third-order valence-electron chi connectivity index (χ3n) is 2.21. The van der Waals surface area contributed by atoms with Crippen LogP contribution in [0.4, 0.5) is 0 Å². The van der Waals surface area contributed by atoms with Gasteiger partial charge in [0.2, 0.25) is 0 Å². The summed E-state index contributed by atoms with van der Waals surface area (Å²) >= 11 is 4.10. The molecule has 0 heterocycles. The Morgan fingerprint density at radius 2 is 2.30 bits per heavy atom. The molecule has 2 atom stereocenters. The molecule has 0 aromatic rings. The molecule has 1 rings (SSSR count). The Kier molecular flexibility index (Phi) is 3.57. The van der Waals surface area contributed by atoms with E-state index < -0.39 is 0 Å². The first-order chi connectivity index (χ1) is 4.84. The van der Waals surface area contributed by atoms with Crippen LogP contribution in [0.15, 0.2) is 0 Å². The first-order valence-corrected chi connectivity index (χ1v) is 4.70. The molecule has 1 fully saturated rings. The summed E-state index contributed by atoms with van der Waals surface area (Å²) in [5.41, 5.74) is 0. The number of rotatable bonds is 3.